The summed E-state index contributed by atoms with van der Waals surface area (Å²) in [6.07, 6.45) is 1.66. The molecule has 0 spiro atoms. The van der Waals surface area contributed by atoms with Crippen LogP contribution >= 0.6 is 11.6 Å². The number of amides is 1. The standard InChI is InChI=1S/C25H27ClN2O4/c1-4-13-31-18-8-5-7-16(14-18)22-21-23(29)19-15-17(26)9-10-20(19)32-24(21)25(30)28(22)12-6-11-27(2)3/h5,7-10,14-15,22H,4,6,11-13H2,1-3H3. The first-order chi connectivity index (χ1) is 15.4. The molecule has 1 aromatic heterocycles. The van der Waals surface area contributed by atoms with Gasteiger partial charge in [0.05, 0.1) is 23.6 Å². The molecular formula is C25H27ClN2O4. The summed E-state index contributed by atoms with van der Waals surface area (Å²) in [5.41, 5.74) is 1.32. The molecule has 1 unspecified atom stereocenters. The van der Waals surface area contributed by atoms with Crippen molar-refractivity contribution in [2.75, 3.05) is 33.8 Å². The highest BCUT2D eigenvalue weighted by Crippen LogP contribution is 2.39. The van der Waals surface area contributed by atoms with E-state index in [0.717, 1.165) is 24.9 Å². The lowest BCUT2D eigenvalue weighted by molar-refractivity contribution is 0.0722. The van der Waals surface area contributed by atoms with Crippen molar-refractivity contribution in [2.45, 2.75) is 25.8 Å². The number of fused-ring (bicyclic) bond motifs is 2. The van der Waals surface area contributed by atoms with Crippen LogP contribution in [0, 0.1) is 0 Å². The van der Waals surface area contributed by atoms with Gasteiger partial charge in [-0.1, -0.05) is 30.7 Å². The molecule has 7 heteroatoms. The largest absolute Gasteiger partial charge is 0.494 e. The van der Waals surface area contributed by atoms with Crippen LogP contribution in [-0.2, 0) is 0 Å². The average molecular weight is 455 g/mol. The maximum Gasteiger partial charge on any atom is 0.290 e. The van der Waals surface area contributed by atoms with Crippen LogP contribution in [0.4, 0.5) is 0 Å². The van der Waals surface area contributed by atoms with Gasteiger partial charge in [-0.2, -0.15) is 0 Å². The molecule has 2 aromatic carbocycles. The minimum absolute atomic E-state index is 0.111. The summed E-state index contributed by atoms with van der Waals surface area (Å²) < 4.78 is 11.8. The Hall–Kier alpha value is -2.83. The normalized spacial score (nSPS) is 15.6. The molecule has 1 aliphatic heterocycles. The van der Waals surface area contributed by atoms with Crippen LogP contribution in [0.25, 0.3) is 11.0 Å². The maximum absolute atomic E-state index is 13.5. The van der Waals surface area contributed by atoms with Crippen molar-refractivity contribution >= 4 is 28.5 Å². The molecule has 0 aliphatic carbocycles. The number of hydrogen-bond donors (Lipinski definition) is 0. The Labute approximate surface area is 192 Å². The summed E-state index contributed by atoms with van der Waals surface area (Å²) in [6.45, 7) is 3.97. The first-order valence-corrected chi connectivity index (χ1v) is 11.2. The Bertz CT molecular complexity index is 1200. The zero-order valence-electron chi connectivity index (χ0n) is 18.6. The molecule has 0 N–H and O–H groups in total. The minimum atomic E-state index is -0.538. The molecule has 0 radical (unpaired) electrons. The van der Waals surface area contributed by atoms with Gasteiger partial charge in [0.25, 0.3) is 5.91 Å². The Morgan fingerprint density at radius 2 is 1.97 bits per heavy atom. The van der Waals surface area contributed by atoms with Crippen LogP contribution in [-0.4, -0.2) is 49.5 Å². The van der Waals surface area contributed by atoms with Gasteiger partial charge in [0, 0.05) is 11.6 Å². The molecule has 1 atom stereocenters. The lowest BCUT2D eigenvalue weighted by atomic mass is 9.98. The van der Waals surface area contributed by atoms with Crippen molar-refractivity contribution in [1.82, 2.24) is 9.80 Å². The van der Waals surface area contributed by atoms with Crippen LogP contribution in [0.15, 0.2) is 51.7 Å². The number of ether oxygens (including phenoxy) is 1. The predicted molar refractivity (Wildman–Crippen MR) is 126 cm³/mol. The van der Waals surface area contributed by atoms with Gasteiger partial charge in [-0.3, -0.25) is 9.59 Å². The Morgan fingerprint density at radius 1 is 1.16 bits per heavy atom. The molecular weight excluding hydrogens is 428 g/mol. The molecule has 0 saturated heterocycles. The summed E-state index contributed by atoms with van der Waals surface area (Å²) >= 11 is 6.14. The smallest absolute Gasteiger partial charge is 0.290 e. The average Bonchev–Trinajstić information content (AvgIpc) is 3.05. The number of nitrogens with zero attached hydrogens (tertiary/aromatic N) is 2. The fourth-order valence-electron chi connectivity index (χ4n) is 4.12. The van der Waals surface area contributed by atoms with Crippen molar-refractivity contribution in [1.29, 1.82) is 0 Å². The second kappa shape index (κ2) is 9.35. The van der Waals surface area contributed by atoms with Crippen molar-refractivity contribution in [3.05, 3.63) is 74.6 Å². The maximum atomic E-state index is 13.5. The molecule has 1 amide bonds. The SMILES string of the molecule is CCCOc1cccc(C2c3c(oc4ccc(Cl)cc4c3=O)C(=O)N2CCCN(C)C)c1. The molecule has 0 fully saturated rings. The number of halogens is 1. The molecule has 1 aliphatic rings. The zero-order valence-corrected chi connectivity index (χ0v) is 19.3. The third-order valence-corrected chi connectivity index (χ3v) is 5.81. The van der Waals surface area contributed by atoms with E-state index in [-0.39, 0.29) is 17.1 Å². The molecule has 0 saturated carbocycles. The number of rotatable bonds is 8. The molecule has 3 aromatic rings. The number of carbonyl (C=O) groups excluding carboxylic acids is 1. The molecule has 2 heterocycles. The van der Waals surface area contributed by atoms with Crippen molar-refractivity contribution in [3.8, 4) is 5.75 Å². The molecule has 168 valence electrons. The second-order valence-electron chi connectivity index (χ2n) is 8.29. The van der Waals surface area contributed by atoms with Gasteiger partial charge in [-0.25, -0.2) is 0 Å². The van der Waals surface area contributed by atoms with Crippen LogP contribution in [0.1, 0.15) is 47.5 Å². The van der Waals surface area contributed by atoms with E-state index in [1.165, 1.54) is 0 Å². The van der Waals surface area contributed by atoms with Gasteiger partial charge in [0.15, 0.2) is 5.43 Å². The van der Waals surface area contributed by atoms with Crippen molar-refractivity contribution in [2.24, 2.45) is 0 Å². The van der Waals surface area contributed by atoms with Crippen LogP contribution < -0.4 is 10.2 Å². The van der Waals surface area contributed by atoms with Gasteiger partial charge in [0.2, 0.25) is 5.76 Å². The third kappa shape index (κ3) is 4.25. The van der Waals surface area contributed by atoms with E-state index < -0.39 is 6.04 Å². The Balaban J connectivity index is 1.84. The van der Waals surface area contributed by atoms with Crippen LogP contribution in [0.5, 0.6) is 5.75 Å². The predicted octanol–water partition coefficient (Wildman–Crippen LogP) is 4.73. The quantitative estimate of drug-likeness (QED) is 0.492. The van der Waals surface area contributed by atoms with E-state index in [2.05, 4.69) is 4.90 Å². The Kier molecular flexibility index (Phi) is 6.53. The summed E-state index contributed by atoms with van der Waals surface area (Å²) in [5.74, 6) is 0.559. The topological polar surface area (TPSA) is 63.0 Å². The van der Waals surface area contributed by atoms with Crippen LogP contribution in [0.2, 0.25) is 5.02 Å². The van der Waals surface area contributed by atoms with E-state index in [0.29, 0.717) is 40.5 Å². The van der Waals surface area contributed by atoms with E-state index in [1.54, 1.807) is 23.1 Å². The zero-order chi connectivity index (χ0) is 22.8. The number of carbonyl (C=O) groups is 1. The summed E-state index contributed by atoms with van der Waals surface area (Å²) in [6, 6.07) is 11.9. The second-order valence-corrected chi connectivity index (χ2v) is 8.73. The van der Waals surface area contributed by atoms with Crippen molar-refractivity contribution < 1.29 is 13.9 Å². The van der Waals surface area contributed by atoms with Gasteiger partial charge in [-0.05, 0) is 69.4 Å². The highest BCUT2D eigenvalue weighted by Gasteiger charge is 2.42. The highest BCUT2D eigenvalue weighted by atomic mass is 35.5. The Morgan fingerprint density at radius 3 is 2.72 bits per heavy atom. The number of benzene rings is 2. The van der Waals surface area contributed by atoms with E-state index in [1.807, 2.05) is 45.3 Å². The summed E-state index contributed by atoms with van der Waals surface area (Å²) in [7, 11) is 3.99. The molecule has 4 rings (SSSR count). The molecule has 32 heavy (non-hydrogen) atoms. The monoisotopic (exact) mass is 454 g/mol. The highest BCUT2D eigenvalue weighted by molar-refractivity contribution is 6.31. The van der Waals surface area contributed by atoms with Gasteiger partial charge in [-0.15, -0.1) is 0 Å². The molecule has 6 nitrogen and oxygen atoms in total. The lowest BCUT2D eigenvalue weighted by Crippen LogP contribution is -2.32. The summed E-state index contributed by atoms with van der Waals surface area (Å²) in [5, 5.41) is 0.825. The third-order valence-electron chi connectivity index (χ3n) is 5.58. The van der Waals surface area contributed by atoms with Gasteiger partial charge < -0.3 is 19.0 Å². The van der Waals surface area contributed by atoms with E-state index in [9.17, 15) is 9.59 Å². The van der Waals surface area contributed by atoms with Gasteiger partial charge >= 0.3 is 0 Å². The van der Waals surface area contributed by atoms with Crippen molar-refractivity contribution in [3.63, 3.8) is 0 Å². The first kappa shape index (κ1) is 22.4. The molecule has 0 bridgehead atoms. The van der Waals surface area contributed by atoms with Gasteiger partial charge in [0.1, 0.15) is 11.3 Å². The number of hydrogen-bond acceptors (Lipinski definition) is 5. The fraction of sp³-hybridized carbons (Fsp3) is 0.360. The summed E-state index contributed by atoms with van der Waals surface area (Å²) in [4.78, 5) is 30.8. The minimum Gasteiger partial charge on any atom is -0.494 e. The lowest BCUT2D eigenvalue weighted by Gasteiger charge is -2.26. The van der Waals surface area contributed by atoms with E-state index >= 15 is 0 Å². The first-order valence-electron chi connectivity index (χ1n) is 10.9. The van der Waals surface area contributed by atoms with E-state index in [4.69, 9.17) is 20.8 Å². The fourth-order valence-corrected chi connectivity index (χ4v) is 4.29. The van der Waals surface area contributed by atoms with Crippen LogP contribution in [0.3, 0.4) is 0 Å².